The first-order chi connectivity index (χ1) is 6.15. The summed E-state index contributed by atoms with van der Waals surface area (Å²) in [6.45, 7) is 7.00. The molecular weight excluding hydrogens is 158 g/mol. The number of rotatable bonds is 2. The third-order valence-corrected chi connectivity index (χ3v) is 2.32. The van der Waals surface area contributed by atoms with Gasteiger partial charge >= 0.3 is 0 Å². The Balaban J connectivity index is 3.08. The lowest BCUT2D eigenvalue weighted by molar-refractivity contribution is 1.25. The first-order valence-electron chi connectivity index (χ1n) is 4.59. The topological polar surface area (TPSA) is 26.0 Å². The SMILES string of the molecule is Cc1cc(C)c(/C=C/CN)cc1C. The van der Waals surface area contributed by atoms with Crippen molar-refractivity contribution in [3.63, 3.8) is 0 Å². The molecule has 0 unspecified atom stereocenters. The molecular formula is C12H17N. The first kappa shape index (κ1) is 10.0. The quantitative estimate of drug-likeness (QED) is 0.734. The van der Waals surface area contributed by atoms with Gasteiger partial charge in [-0.2, -0.15) is 0 Å². The largest absolute Gasteiger partial charge is 0.327 e. The van der Waals surface area contributed by atoms with Crippen LogP contribution < -0.4 is 5.73 Å². The highest BCUT2D eigenvalue weighted by molar-refractivity contribution is 5.56. The van der Waals surface area contributed by atoms with Crippen LogP contribution >= 0.6 is 0 Å². The lowest BCUT2D eigenvalue weighted by Gasteiger charge is -2.05. The number of benzene rings is 1. The Hall–Kier alpha value is -1.08. The van der Waals surface area contributed by atoms with Crippen LogP contribution in [-0.4, -0.2) is 6.54 Å². The molecule has 0 aromatic heterocycles. The van der Waals surface area contributed by atoms with Crippen LogP contribution in [0.4, 0.5) is 0 Å². The molecule has 0 aliphatic heterocycles. The normalized spacial score (nSPS) is 11.1. The average molecular weight is 175 g/mol. The van der Waals surface area contributed by atoms with Crippen LogP contribution in [0.2, 0.25) is 0 Å². The van der Waals surface area contributed by atoms with Gasteiger partial charge in [0.05, 0.1) is 0 Å². The molecule has 0 heterocycles. The van der Waals surface area contributed by atoms with Crippen molar-refractivity contribution in [1.29, 1.82) is 0 Å². The highest BCUT2D eigenvalue weighted by Gasteiger charge is 1.97. The van der Waals surface area contributed by atoms with E-state index in [-0.39, 0.29) is 0 Å². The predicted molar refractivity (Wildman–Crippen MR) is 58.7 cm³/mol. The summed E-state index contributed by atoms with van der Waals surface area (Å²) in [5.74, 6) is 0. The molecule has 0 fully saturated rings. The maximum Gasteiger partial charge on any atom is 0.0110 e. The summed E-state index contributed by atoms with van der Waals surface area (Å²) in [6.07, 6.45) is 4.07. The van der Waals surface area contributed by atoms with E-state index < -0.39 is 0 Å². The van der Waals surface area contributed by atoms with Crippen molar-refractivity contribution in [3.05, 3.63) is 40.5 Å². The Kier molecular flexibility index (Phi) is 3.26. The molecule has 0 aliphatic carbocycles. The molecule has 1 aromatic carbocycles. The van der Waals surface area contributed by atoms with Crippen LogP contribution in [-0.2, 0) is 0 Å². The van der Waals surface area contributed by atoms with Gasteiger partial charge in [0.2, 0.25) is 0 Å². The maximum absolute atomic E-state index is 5.41. The lowest BCUT2D eigenvalue weighted by Crippen LogP contribution is -1.93. The third-order valence-electron chi connectivity index (χ3n) is 2.32. The molecule has 1 nitrogen and oxygen atoms in total. The number of hydrogen-bond donors (Lipinski definition) is 1. The minimum atomic E-state index is 0.604. The van der Waals surface area contributed by atoms with Gasteiger partial charge in [-0.25, -0.2) is 0 Å². The van der Waals surface area contributed by atoms with Gasteiger partial charge in [0, 0.05) is 6.54 Å². The molecule has 0 aliphatic rings. The summed E-state index contributed by atoms with van der Waals surface area (Å²) >= 11 is 0. The van der Waals surface area contributed by atoms with E-state index in [0.717, 1.165) is 0 Å². The standard InChI is InChI=1S/C12H17N/c1-9-7-11(3)12(5-4-6-13)8-10(9)2/h4-5,7-8H,6,13H2,1-3H3/b5-4+. The molecule has 1 aromatic rings. The molecule has 0 bridgehead atoms. The average Bonchev–Trinajstić information content (AvgIpc) is 2.09. The molecule has 0 amide bonds. The van der Waals surface area contributed by atoms with E-state index in [9.17, 15) is 0 Å². The zero-order valence-corrected chi connectivity index (χ0v) is 8.59. The summed E-state index contributed by atoms with van der Waals surface area (Å²) in [4.78, 5) is 0. The van der Waals surface area contributed by atoms with E-state index >= 15 is 0 Å². The molecule has 1 heteroatoms. The molecule has 70 valence electrons. The van der Waals surface area contributed by atoms with Gasteiger partial charge in [0.15, 0.2) is 0 Å². The lowest BCUT2D eigenvalue weighted by atomic mass is 10.0. The Labute approximate surface area is 80.3 Å². The van der Waals surface area contributed by atoms with E-state index in [1.165, 1.54) is 22.3 Å². The first-order valence-corrected chi connectivity index (χ1v) is 4.59. The smallest absolute Gasteiger partial charge is 0.0110 e. The summed E-state index contributed by atoms with van der Waals surface area (Å²) in [7, 11) is 0. The highest BCUT2D eigenvalue weighted by atomic mass is 14.5. The van der Waals surface area contributed by atoms with E-state index in [1.54, 1.807) is 0 Å². The number of hydrogen-bond acceptors (Lipinski definition) is 1. The summed E-state index contributed by atoms with van der Waals surface area (Å²) in [6, 6.07) is 4.42. The van der Waals surface area contributed by atoms with Gasteiger partial charge in [0.25, 0.3) is 0 Å². The van der Waals surface area contributed by atoms with Crippen LogP contribution in [0, 0.1) is 20.8 Å². The van der Waals surface area contributed by atoms with Crippen molar-refractivity contribution in [2.24, 2.45) is 5.73 Å². The second kappa shape index (κ2) is 4.24. The minimum Gasteiger partial charge on any atom is -0.327 e. The van der Waals surface area contributed by atoms with Gasteiger partial charge in [-0.05, 0) is 43.0 Å². The molecule has 1 rings (SSSR count). The molecule has 0 saturated carbocycles. The van der Waals surface area contributed by atoms with Gasteiger partial charge < -0.3 is 5.73 Å². The minimum absolute atomic E-state index is 0.604. The van der Waals surface area contributed by atoms with E-state index in [0.29, 0.717) is 6.54 Å². The monoisotopic (exact) mass is 175 g/mol. The van der Waals surface area contributed by atoms with E-state index in [4.69, 9.17) is 5.73 Å². The van der Waals surface area contributed by atoms with Crippen LogP contribution in [0.15, 0.2) is 18.2 Å². The Bertz CT molecular complexity index is 324. The van der Waals surface area contributed by atoms with Crippen molar-refractivity contribution in [1.82, 2.24) is 0 Å². The van der Waals surface area contributed by atoms with Crippen molar-refractivity contribution in [2.75, 3.05) is 6.54 Å². The number of aryl methyl sites for hydroxylation is 3. The summed E-state index contributed by atoms with van der Waals surface area (Å²) in [5, 5.41) is 0. The fourth-order valence-corrected chi connectivity index (χ4v) is 1.36. The van der Waals surface area contributed by atoms with Crippen LogP contribution in [0.25, 0.3) is 6.08 Å². The Morgan fingerprint density at radius 3 is 2.31 bits per heavy atom. The van der Waals surface area contributed by atoms with Crippen molar-refractivity contribution < 1.29 is 0 Å². The fraction of sp³-hybridized carbons (Fsp3) is 0.333. The molecule has 0 atom stereocenters. The van der Waals surface area contributed by atoms with E-state index in [1.807, 2.05) is 6.08 Å². The third kappa shape index (κ3) is 2.43. The second-order valence-corrected chi connectivity index (χ2v) is 3.43. The Morgan fingerprint density at radius 1 is 1.08 bits per heavy atom. The maximum atomic E-state index is 5.41. The summed E-state index contributed by atoms with van der Waals surface area (Å²) < 4.78 is 0. The highest BCUT2D eigenvalue weighted by Crippen LogP contribution is 2.16. The molecule has 13 heavy (non-hydrogen) atoms. The molecule has 0 radical (unpaired) electrons. The van der Waals surface area contributed by atoms with Crippen molar-refractivity contribution >= 4 is 6.08 Å². The van der Waals surface area contributed by atoms with Gasteiger partial charge in [-0.1, -0.05) is 24.3 Å². The van der Waals surface area contributed by atoms with Crippen LogP contribution in [0.1, 0.15) is 22.3 Å². The zero-order valence-electron chi connectivity index (χ0n) is 8.59. The Morgan fingerprint density at radius 2 is 1.69 bits per heavy atom. The molecule has 2 N–H and O–H groups in total. The van der Waals surface area contributed by atoms with Crippen LogP contribution in [0.5, 0.6) is 0 Å². The van der Waals surface area contributed by atoms with Crippen molar-refractivity contribution in [2.45, 2.75) is 20.8 Å². The van der Waals surface area contributed by atoms with Gasteiger partial charge in [-0.15, -0.1) is 0 Å². The van der Waals surface area contributed by atoms with Gasteiger partial charge in [0.1, 0.15) is 0 Å². The number of nitrogens with two attached hydrogens (primary N) is 1. The molecule has 0 saturated heterocycles. The molecule has 0 spiro atoms. The summed E-state index contributed by atoms with van der Waals surface area (Å²) in [5.41, 5.74) is 10.7. The van der Waals surface area contributed by atoms with Gasteiger partial charge in [-0.3, -0.25) is 0 Å². The fourth-order valence-electron chi connectivity index (χ4n) is 1.36. The zero-order chi connectivity index (χ0) is 9.84. The second-order valence-electron chi connectivity index (χ2n) is 3.43. The van der Waals surface area contributed by atoms with Crippen LogP contribution in [0.3, 0.4) is 0 Å². The predicted octanol–water partition coefficient (Wildman–Crippen LogP) is 2.58. The van der Waals surface area contributed by atoms with E-state index in [2.05, 4.69) is 39.0 Å². The van der Waals surface area contributed by atoms with Crippen molar-refractivity contribution in [3.8, 4) is 0 Å².